The molecule has 0 aliphatic carbocycles. The minimum atomic E-state index is 0.561. The Hall–Kier alpha value is -0.900. The maximum atomic E-state index is 5.83. The van der Waals surface area contributed by atoms with Gasteiger partial charge in [0.05, 0.1) is 0 Å². The molecule has 0 amide bonds. The molecule has 0 spiro atoms. The van der Waals surface area contributed by atoms with Crippen molar-refractivity contribution in [3.8, 4) is 0 Å². The van der Waals surface area contributed by atoms with Crippen molar-refractivity contribution >= 4 is 0 Å². The summed E-state index contributed by atoms with van der Waals surface area (Å²) < 4.78 is 0. The van der Waals surface area contributed by atoms with E-state index < -0.39 is 0 Å². The van der Waals surface area contributed by atoms with Crippen LogP contribution in [0.25, 0.3) is 0 Å². The Morgan fingerprint density at radius 2 is 1.80 bits per heavy atom. The molecule has 2 fully saturated rings. The molecule has 2 aliphatic rings. The van der Waals surface area contributed by atoms with Crippen LogP contribution in [0.1, 0.15) is 42.3 Å². The van der Waals surface area contributed by atoms with Crippen molar-refractivity contribution in [1.82, 2.24) is 10.2 Å². The number of likely N-dealkylation sites (tertiary alicyclic amines) is 1. The Labute approximate surface area is 122 Å². The van der Waals surface area contributed by atoms with Gasteiger partial charge in [0, 0.05) is 12.6 Å². The second kappa shape index (κ2) is 6.25. The Balaban J connectivity index is 1.69. The lowest BCUT2D eigenvalue weighted by Gasteiger charge is -2.24. The Morgan fingerprint density at radius 1 is 1.15 bits per heavy atom. The average molecular weight is 273 g/mol. The van der Waals surface area contributed by atoms with Crippen molar-refractivity contribution in [1.29, 1.82) is 0 Å². The zero-order valence-electron chi connectivity index (χ0n) is 12.5. The van der Waals surface area contributed by atoms with Crippen LogP contribution in [0.2, 0.25) is 0 Å². The van der Waals surface area contributed by atoms with E-state index in [-0.39, 0.29) is 0 Å². The smallest absolute Gasteiger partial charge is 0.0348 e. The second-order valence-corrected chi connectivity index (χ2v) is 6.48. The standard InChI is InChI=1S/C17H27N3/c1-20-12-13(11-18)10-17(20)16-4-2-14(3-5-16)15-6-8-19-9-7-15/h2-5,13,15,17,19H,6-12,18H2,1H3. The molecular formula is C17H27N3. The molecule has 0 radical (unpaired) electrons. The van der Waals surface area contributed by atoms with Gasteiger partial charge in [0.15, 0.2) is 0 Å². The number of nitrogens with zero attached hydrogens (tertiary/aromatic N) is 1. The first kappa shape index (κ1) is 14.1. The third kappa shape index (κ3) is 2.90. The van der Waals surface area contributed by atoms with Gasteiger partial charge >= 0.3 is 0 Å². The van der Waals surface area contributed by atoms with Crippen molar-refractivity contribution in [3.63, 3.8) is 0 Å². The molecule has 1 aromatic rings. The Bertz CT molecular complexity index is 422. The van der Waals surface area contributed by atoms with Gasteiger partial charge < -0.3 is 11.1 Å². The van der Waals surface area contributed by atoms with Crippen molar-refractivity contribution < 1.29 is 0 Å². The van der Waals surface area contributed by atoms with Crippen LogP contribution in [0.3, 0.4) is 0 Å². The maximum absolute atomic E-state index is 5.83. The number of rotatable bonds is 3. The highest BCUT2D eigenvalue weighted by Gasteiger charge is 2.29. The SMILES string of the molecule is CN1CC(CN)CC1c1ccc(C2CCNCC2)cc1. The fourth-order valence-corrected chi connectivity index (χ4v) is 3.81. The summed E-state index contributed by atoms with van der Waals surface area (Å²) in [5.74, 6) is 1.41. The molecular weight excluding hydrogens is 246 g/mol. The number of hydrogen-bond donors (Lipinski definition) is 2. The van der Waals surface area contributed by atoms with Crippen LogP contribution in [0.5, 0.6) is 0 Å². The van der Waals surface area contributed by atoms with E-state index in [2.05, 4.69) is 41.5 Å². The molecule has 3 nitrogen and oxygen atoms in total. The fourth-order valence-electron chi connectivity index (χ4n) is 3.81. The first-order valence-corrected chi connectivity index (χ1v) is 7.99. The van der Waals surface area contributed by atoms with Gasteiger partial charge in [-0.3, -0.25) is 4.90 Å². The highest BCUT2D eigenvalue weighted by atomic mass is 15.2. The number of nitrogens with two attached hydrogens (primary N) is 1. The van der Waals surface area contributed by atoms with Crippen molar-refractivity contribution in [2.75, 3.05) is 33.2 Å². The van der Waals surface area contributed by atoms with Crippen molar-refractivity contribution in [2.45, 2.75) is 31.2 Å². The molecule has 2 heterocycles. The zero-order valence-corrected chi connectivity index (χ0v) is 12.5. The van der Waals surface area contributed by atoms with Crippen LogP contribution in [-0.2, 0) is 0 Å². The van der Waals surface area contributed by atoms with Gasteiger partial charge in [-0.2, -0.15) is 0 Å². The van der Waals surface area contributed by atoms with Crippen molar-refractivity contribution in [3.05, 3.63) is 35.4 Å². The number of nitrogens with one attached hydrogen (secondary N) is 1. The van der Waals surface area contributed by atoms with Crippen LogP contribution in [0.4, 0.5) is 0 Å². The van der Waals surface area contributed by atoms with Crippen LogP contribution in [0, 0.1) is 5.92 Å². The molecule has 20 heavy (non-hydrogen) atoms. The molecule has 2 atom stereocenters. The van der Waals surface area contributed by atoms with E-state index in [4.69, 9.17) is 5.73 Å². The lowest BCUT2D eigenvalue weighted by molar-refractivity contribution is 0.313. The van der Waals surface area contributed by atoms with Crippen LogP contribution in [-0.4, -0.2) is 38.1 Å². The van der Waals surface area contributed by atoms with Gasteiger partial charge in [-0.1, -0.05) is 24.3 Å². The molecule has 3 N–H and O–H groups in total. The van der Waals surface area contributed by atoms with Gasteiger partial charge in [0.25, 0.3) is 0 Å². The van der Waals surface area contributed by atoms with Gasteiger partial charge in [0.1, 0.15) is 0 Å². The Kier molecular flexibility index (Phi) is 4.39. The molecule has 3 rings (SSSR count). The summed E-state index contributed by atoms with van der Waals surface area (Å²) in [5, 5.41) is 3.44. The van der Waals surface area contributed by atoms with E-state index in [1.807, 2.05) is 0 Å². The molecule has 2 saturated heterocycles. The third-order valence-corrected chi connectivity index (χ3v) is 5.10. The first-order valence-electron chi connectivity index (χ1n) is 7.99. The molecule has 0 aromatic heterocycles. The number of hydrogen-bond acceptors (Lipinski definition) is 3. The van der Waals surface area contributed by atoms with Gasteiger partial charge in [0.2, 0.25) is 0 Å². The van der Waals surface area contributed by atoms with Crippen LogP contribution < -0.4 is 11.1 Å². The first-order chi connectivity index (χ1) is 9.78. The number of piperidine rings is 1. The summed E-state index contributed by atoms with van der Waals surface area (Å²) in [6.45, 7) is 4.27. The lowest BCUT2D eigenvalue weighted by atomic mass is 9.89. The van der Waals surface area contributed by atoms with E-state index in [9.17, 15) is 0 Å². The topological polar surface area (TPSA) is 41.3 Å². The quantitative estimate of drug-likeness (QED) is 0.886. The minimum Gasteiger partial charge on any atom is -0.330 e. The summed E-state index contributed by atoms with van der Waals surface area (Å²) in [6.07, 6.45) is 3.76. The van der Waals surface area contributed by atoms with Crippen molar-refractivity contribution in [2.24, 2.45) is 11.7 Å². The third-order valence-electron chi connectivity index (χ3n) is 5.10. The summed E-state index contributed by atoms with van der Waals surface area (Å²) >= 11 is 0. The molecule has 0 saturated carbocycles. The molecule has 110 valence electrons. The molecule has 3 heteroatoms. The summed E-state index contributed by atoms with van der Waals surface area (Å²) in [6, 6.07) is 9.96. The molecule has 2 aliphatic heterocycles. The highest BCUT2D eigenvalue weighted by Crippen LogP contribution is 2.34. The average Bonchev–Trinajstić information content (AvgIpc) is 2.89. The van der Waals surface area contributed by atoms with E-state index in [1.54, 1.807) is 0 Å². The predicted molar refractivity (Wildman–Crippen MR) is 83.8 cm³/mol. The minimum absolute atomic E-state index is 0.561. The Morgan fingerprint density at radius 3 is 2.40 bits per heavy atom. The van der Waals surface area contributed by atoms with E-state index >= 15 is 0 Å². The molecule has 1 aromatic carbocycles. The van der Waals surface area contributed by atoms with Crippen LogP contribution >= 0.6 is 0 Å². The van der Waals surface area contributed by atoms with E-state index in [1.165, 1.54) is 30.4 Å². The number of benzene rings is 1. The maximum Gasteiger partial charge on any atom is 0.0348 e. The summed E-state index contributed by atoms with van der Waals surface area (Å²) in [4.78, 5) is 2.46. The fraction of sp³-hybridized carbons (Fsp3) is 0.647. The lowest BCUT2D eigenvalue weighted by Crippen LogP contribution is -2.26. The molecule has 2 unspecified atom stereocenters. The largest absolute Gasteiger partial charge is 0.330 e. The van der Waals surface area contributed by atoms with E-state index in [0.29, 0.717) is 12.0 Å². The van der Waals surface area contributed by atoms with Gasteiger partial charge in [-0.05, 0) is 68.9 Å². The zero-order chi connectivity index (χ0) is 13.9. The normalized spacial score (nSPS) is 28.9. The second-order valence-electron chi connectivity index (χ2n) is 6.48. The monoisotopic (exact) mass is 273 g/mol. The highest BCUT2D eigenvalue weighted by molar-refractivity contribution is 5.28. The van der Waals surface area contributed by atoms with Gasteiger partial charge in [-0.15, -0.1) is 0 Å². The summed E-state index contributed by atoms with van der Waals surface area (Å²) in [5.41, 5.74) is 8.80. The molecule has 0 bridgehead atoms. The predicted octanol–water partition coefficient (Wildman–Crippen LogP) is 2.11. The van der Waals surface area contributed by atoms with E-state index in [0.717, 1.165) is 32.1 Å². The van der Waals surface area contributed by atoms with Crippen LogP contribution in [0.15, 0.2) is 24.3 Å². The van der Waals surface area contributed by atoms with Gasteiger partial charge in [-0.25, -0.2) is 0 Å². The summed E-state index contributed by atoms with van der Waals surface area (Å²) in [7, 11) is 2.22.